The van der Waals surface area contributed by atoms with Gasteiger partial charge in [0, 0.05) is 12.1 Å². The highest BCUT2D eigenvalue weighted by Gasteiger charge is 2.17. The number of nitriles is 1. The van der Waals surface area contributed by atoms with Gasteiger partial charge in [0.15, 0.2) is 0 Å². The third-order valence-electron chi connectivity index (χ3n) is 1.90. The van der Waals surface area contributed by atoms with Crippen LogP contribution >= 0.6 is 0 Å². The molecule has 1 saturated carbocycles. The summed E-state index contributed by atoms with van der Waals surface area (Å²) in [6, 6.07) is 5.57. The van der Waals surface area contributed by atoms with Crippen molar-refractivity contribution in [3.05, 3.63) is 29.6 Å². The van der Waals surface area contributed by atoms with E-state index in [4.69, 9.17) is 5.26 Å². The summed E-state index contributed by atoms with van der Waals surface area (Å²) in [6.07, 6.45) is 4.06. The van der Waals surface area contributed by atoms with E-state index in [1.54, 1.807) is 18.3 Å². The van der Waals surface area contributed by atoms with Crippen molar-refractivity contribution in [2.45, 2.75) is 12.8 Å². The molecule has 1 aliphatic carbocycles. The molecule has 62 valence electrons. The van der Waals surface area contributed by atoms with Crippen molar-refractivity contribution in [1.29, 1.82) is 5.26 Å². The van der Waals surface area contributed by atoms with Crippen LogP contribution in [0, 0.1) is 29.1 Å². The Hall–Kier alpha value is -1.80. The Morgan fingerprint density at radius 3 is 3.00 bits per heavy atom. The molecule has 0 radical (unpaired) electrons. The lowest BCUT2D eigenvalue weighted by atomic mass is 10.2. The standard InChI is InChI=1S/C11H8N2/c12-8-10-2-1-7-13-11(10)6-5-9-3-4-9/h1-2,7,9H,3-4H2. The van der Waals surface area contributed by atoms with Crippen molar-refractivity contribution >= 4 is 0 Å². The fourth-order valence-electron chi connectivity index (χ4n) is 0.993. The normalized spacial score (nSPS) is 14.1. The monoisotopic (exact) mass is 168 g/mol. The van der Waals surface area contributed by atoms with Crippen molar-refractivity contribution in [2.75, 3.05) is 0 Å². The summed E-state index contributed by atoms with van der Waals surface area (Å²) in [7, 11) is 0. The summed E-state index contributed by atoms with van der Waals surface area (Å²) < 4.78 is 0. The summed E-state index contributed by atoms with van der Waals surface area (Å²) >= 11 is 0. The summed E-state index contributed by atoms with van der Waals surface area (Å²) in [5.74, 6) is 6.58. The molecule has 0 unspecified atom stereocenters. The molecule has 1 heterocycles. The summed E-state index contributed by atoms with van der Waals surface area (Å²) in [4.78, 5) is 4.05. The molecule has 1 aliphatic rings. The van der Waals surface area contributed by atoms with E-state index in [0.29, 0.717) is 17.2 Å². The minimum Gasteiger partial charge on any atom is -0.246 e. The van der Waals surface area contributed by atoms with Crippen molar-refractivity contribution < 1.29 is 0 Å². The van der Waals surface area contributed by atoms with Gasteiger partial charge in [-0.15, -0.1) is 0 Å². The number of nitrogens with zero attached hydrogens (tertiary/aromatic N) is 2. The quantitative estimate of drug-likeness (QED) is 0.553. The number of pyridine rings is 1. The molecule has 2 nitrogen and oxygen atoms in total. The van der Waals surface area contributed by atoms with Gasteiger partial charge in [-0.2, -0.15) is 5.26 Å². The Bertz CT molecular complexity index is 414. The van der Waals surface area contributed by atoms with Crippen LogP contribution in [0.25, 0.3) is 0 Å². The van der Waals surface area contributed by atoms with Crippen LogP contribution in [0.4, 0.5) is 0 Å². The molecule has 1 fully saturated rings. The van der Waals surface area contributed by atoms with Crippen LogP contribution in [-0.2, 0) is 0 Å². The average Bonchev–Trinajstić information content (AvgIpc) is 2.99. The second kappa shape index (κ2) is 3.29. The van der Waals surface area contributed by atoms with E-state index in [1.807, 2.05) is 0 Å². The van der Waals surface area contributed by atoms with E-state index in [0.717, 1.165) is 0 Å². The fraction of sp³-hybridized carbons (Fsp3) is 0.273. The van der Waals surface area contributed by atoms with Gasteiger partial charge in [0.1, 0.15) is 11.8 Å². The molecule has 2 heteroatoms. The highest BCUT2D eigenvalue weighted by molar-refractivity contribution is 5.43. The minimum atomic E-state index is 0.550. The molecule has 0 aliphatic heterocycles. The van der Waals surface area contributed by atoms with Crippen molar-refractivity contribution in [1.82, 2.24) is 4.98 Å². The lowest BCUT2D eigenvalue weighted by molar-refractivity contribution is 1.17. The van der Waals surface area contributed by atoms with Crippen LogP contribution < -0.4 is 0 Å². The largest absolute Gasteiger partial charge is 0.246 e. The van der Waals surface area contributed by atoms with Crippen LogP contribution in [0.1, 0.15) is 24.1 Å². The zero-order chi connectivity index (χ0) is 9.10. The first kappa shape index (κ1) is 7.83. The second-order valence-corrected chi connectivity index (χ2v) is 3.05. The first-order valence-electron chi connectivity index (χ1n) is 4.27. The third kappa shape index (κ3) is 1.86. The molecular weight excluding hydrogens is 160 g/mol. The van der Waals surface area contributed by atoms with Crippen LogP contribution in [0.5, 0.6) is 0 Å². The van der Waals surface area contributed by atoms with Crippen LogP contribution in [0.3, 0.4) is 0 Å². The highest BCUT2D eigenvalue weighted by atomic mass is 14.7. The average molecular weight is 168 g/mol. The maximum atomic E-state index is 8.74. The van der Waals surface area contributed by atoms with E-state index in [1.165, 1.54) is 12.8 Å². The van der Waals surface area contributed by atoms with Gasteiger partial charge in [-0.1, -0.05) is 5.92 Å². The highest BCUT2D eigenvalue weighted by Crippen LogP contribution is 2.27. The molecule has 0 aromatic carbocycles. The van der Waals surface area contributed by atoms with E-state index in [2.05, 4.69) is 22.9 Å². The van der Waals surface area contributed by atoms with Crippen molar-refractivity contribution in [2.24, 2.45) is 5.92 Å². The topological polar surface area (TPSA) is 36.7 Å². The van der Waals surface area contributed by atoms with Gasteiger partial charge in [0.25, 0.3) is 0 Å². The zero-order valence-electron chi connectivity index (χ0n) is 7.12. The van der Waals surface area contributed by atoms with E-state index in [-0.39, 0.29) is 0 Å². The number of aromatic nitrogens is 1. The molecule has 0 N–H and O–H groups in total. The molecule has 0 bridgehead atoms. The maximum absolute atomic E-state index is 8.74. The predicted molar refractivity (Wildman–Crippen MR) is 48.6 cm³/mol. The van der Waals surface area contributed by atoms with Crippen LogP contribution in [0.15, 0.2) is 18.3 Å². The molecule has 0 saturated heterocycles. The number of hydrogen-bond acceptors (Lipinski definition) is 2. The number of rotatable bonds is 0. The molecule has 1 aromatic rings. The Morgan fingerprint density at radius 2 is 2.31 bits per heavy atom. The maximum Gasteiger partial charge on any atom is 0.130 e. The Balaban J connectivity index is 2.30. The SMILES string of the molecule is N#Cc1cccnc1C#CC1CC1. The van der Waals surface area contributed by atoms with Gasteiger partial charge in [0.2, 0.25) is 0 Å². The Kier molecular flexibility index (Phi) is 1.98. The molecular formula is C11H8N2. The lowest BCUT2D eigenvalue weighted by Gasteiger charge is -1.90. The Labute approximate surface area is 77.2 Å². The van der Waals surface area contributed by atoms with Crippen molar-refractivity contribution in [3.63, 3.8) is 0 Å². The molecule has 1 aromatic heterocycles. The zero-order valence-corrected chi connectivity index (χ0v) is 7.12. The molecule has 0 spiro atoms. The van der Waals surface area contributed by atoms with Crippen LogP contribution in [-0.4, -0.2) is 4.98 Å². The summed E-state index contributed by atoms with van der Waals surface area (Å²) in [5, 5.41) is 8.74. The van der Waals surface area contributed by atoms with E-state index in [9.17, 15) is 0 Å². The van der Waals surface area contributed by atoms with Gasteiger partial charge >= 0.3 is 0 Å². The van der Waals surface area contributed by atoms with E-state index >= 15 is 0 Å². The first-order valence-corrected chi connectivity index (χ1v) is 4.27. The van der Waals surface area contributed by atoms with Gasteiger partial charge < -0.3 is 0 Å². The summed E-state index contributed by atoms with van der Waals surface area (Å²) in [6.45, 7) is 0. The van der Waals surface area contributed by atoms with Crippen LogP contribution in [0.2, 0.25) is 0 Å². The van der Waals surface area contributed by atoms with Gasteiger partial charge in [-0.3, -0.25) is 0 Å². The molecule has 2 rings (SSSR count). The van der Waals surface area contributed by atoms with E-state index < -0.39 is 0 Å². The second-order valence-electron chi connectivity index (χ2n) is 3.05. The van der Waals surface area contributed by atoms with Gasteiger partial charge in [-0.05, 0) is 30.9 Å². The molecule has 13 heavy (non-hydrogen) atoms. The lowest BCUT2D eigenvalue weighted by Crippen LogP contribution is -1.86. The number of hydrogen-bond donors (Lipinski definition) is 0. The van der Waals surface area contributed by atoms with Gasteiger partial charge in [0.05, 0.1) is 5.56 Å². The fourth-order valence-corrected chi connectivity index (χ4v) is 0.993. The van der Waals surface area contributed by atoms with Gasteiger partial charge in [-0.25, -0.2) is 4.98 Å². The molecule has 0 atom stereocenters. The van der Waals surface area contributed by atoms with Crippen molar-refractivity contribution in [3.8, 4) is 17.9 Å². The minimum absolute atomic E-state index is 0.550. The molecule has 0 amide bonds. The smallest absolute Gasteiger partial charge is 0.130 e. The first-order chi connectivity index (χ1) is 6.40. The predicted octanol–water partition coefficient (Wildman–Crippen LogP) is 1.71. The summed E-state index contributed by atoms with van der Waals surface area (Å²) in [5.41, 5.74) is 1.17. The Morgan fingerprint density at radius 1 is 1.46 bits per heavy atom. The third-order valence-corrected chi connectivity index (χ3v) is 1.90.